The number of hydrogen-bond acceptors (Lipinski definition) is 5. The molecule has 0 aliphatic carbocycles. The summed E-state index contributed by atoms with van der Waals surface area (Å²) in [4.78, 5) is 32.6. The topological polar surface area (TPSA) is 53.0 Å². The first-order chi connectivity index (χ1) is 17.3. The van der Waals surface area contributed by atoms with Crippen LogP contribution in [0.4, 0.5) is 18.9 Å². The SMILES string of the molecule is CCN1/C(=C/C=C/C2=CC(c3ccccc3)=NC3=S=C(C(=O)C(F)(F)F)C(=O)N23)Sc2ccccc21. The van der Waals surface area contributed by atoms with Crippen LogP contribution >= 0.6 is 22.7 Å². The Labute approximate surface area is 212 Å². The zero-order valence-corrected chi connectivity index (χ0v) is 20.5. The third-order valence-corrected chi connectivity index (χ3v) is 7.68. The maximum atomic E-state index is 13.1. The zero-order chi connectivity index (χ0) is 25.4. The molecular formula is C26H18F3N3O2S2. The van der Waals surface area contributed by atoms with Gasteiger partial charge in [0.05, 0.1) is 22.1 Å². The fraction of sp³-hybridized carbons (Fsp3) is 0.115. The average molecular weight is 526 g/mol. The highest BCUT2D eigenvalue weighted by Gasteiger charge is 2.47. The van der Waals surface area contributed by atoms with Gasteiger partial charge in [0, 0.05) is 17.0 Å². The number of Topliss-reactive ketones (excluding diaryl/α,β-unsaturated/α-hetero) is 1. The lowest BCUT2D eigenvalue weighted by molar-refractivity contribution is -0.163. The molecule has 0 atom stereocenters. The van der Waals surface area contributed by atoms with Crippen molar-refractivity contribution >= 4 is 55.8 Å². The van der Waals surface area contributed by atoms with Crippen LogP contribution in [-0.2, 0) is 9.59 Å². The van der Waals surface area contributed by atoms with Crippen LogP contribution in [0.2, 0.25) is 0 Å². The largest absolute Gasteiger partial charge is 0.455 e. The van der Waals surface area contributed by atoms with E-state index in [2.05, 4.69) is 9.89 Å². The molecule has 2 aromatic carbocycles. The van der Waals surface area contributed by atoms with Gasteiger partial charge in [-0.1, -0.05) is 71.2 Å². The summed E-state index contributed by atoms with van der Waals surface area (Å²) in [5, 5.41) is 0.994. The van der Waals surface area contributed by atoms with Gasteiger partial charge >= 0.3 is 6.18 Å². The number of rotatable bonds is 5. The van der Waals surface area contributed by atoms with Crippen LogP contribution in [-0.4, -0.2) is 45.0 Å². The standard InChI is InChI=1S/C26H18F3N3O2S2/c1-2-31-19-12-6-7-13-20(19)35-21(31)14-8-11-17-15-18(16-9-4-3-5-10-16)30-25-32(17)24(34)22(36-25)23(33)26(27,28)29/h3-15H,2H2,1H3/b11-8+,21-14-. The van der Waals surface area contributed by atoms with Gasteiger partial charge in [-0.25, -0.2) is 4.99 Å². The number of fused-ring (bicyclic) bond motifs is 2. The highest BCUT2D eigenvalue weighted by atomic mass is 32.2. The lowest BCUT2D eigenvalue weighted by Crippen LogP contribution is -2.42. The van der Waals surface area contributed by atoms with Crippen molar-refractivity contribution in [3.05, 3.63) is 95.2 Å². The fourth-order valence-corrected chi connectivity index (χ4v) is 6.03. The van der Waals surface area contributed by atoms with Crippen LogP contribution in [0.15, 0.2) is 99.5 Å². The Kier molecular flexibility index (Phi) is 6.31. The highest BCUT2D eigenvalue weighted by molar-refractivity contribution is 8.03. The molecule has 10 heteroatoms. The molecule has 36 heavy (non-hydrogen) atoms. The van der Waals surface area contributed by atoms with Crippen molar-refractivity contribution in [2.75, 3.05) is 11.4 Å². The number of ketones is 1. The van der Waals surface area contributed by atoms with E-state index in [1.165, 1.54) is 0 Å². The molecule has 0 radical (unpaired) electrons. The first-order valence-corrected chi connectivity index (χ1v) is 12.6. The first kappa shape index (κ1) is 24.1. The Morgan fingerprint density at radius 3 is 2.53 bits per heavy atom. The van der Waals surface area contributed by atoms with E-state index in [4.69, 9.17) is 0 Å². The van der Waals surface area contributed by atoms with E-state index in [9.17, 15) is 22.8 Å². The first-order valence-electron chi connectivity index (χ1n) is 10.9. The summed E-state index contributed by atoms with van der Waals surface area (Å²) in [7, 11) is 0.444. The molecule has 1 amide bonds. The van der Waals surface area contributed by atoms with Crippen LogP contribution in [0.25, 0.3) is 0 Å². The number of aliphatic imine (C=N–C) groups is 1. The zero-order valence-electron chi connectivity index (χ0n) is 18.8. The van der Waals surface area contributed by atoms with Crippen LogP contribution in [0.1, 0.15) is 12.5 Å². The Hall–Kier alpha value is -3.63. The van der Waals surface area contributed by atoms with Gasteiger partial charge in [-0.3, -0.25) is 14.5 Å². The van der Waals surface area contributed by atoms with Gasteiger partial charge in [-0.05, 0) is 37.3 Å². The third-order valence-electron chi connectivity index (χ3n) is 5.53. The second kappa shape index (κ2) is 9.44. The smallest absolute Gasteiger partial charge is 0.335 e. The molecule has 0 saturated heterocycles. The fourth-order valence-electron chi connectivity index (χ4n) is 3.89. The van der Waals surface area contributed by atoms with Gasteiger partial charge in [0.25, 0.3) is 11.7 Å². The molecule has 0 bridgehead atoms. The number of nitrogens with zero attached hydrogens (tertiary/aromatic N) is 3. The maximum Gasteiger partial charge on any atom is 0.455 e. The van der Waals surface area contributed by atoms with Crippen molar-refractivity contribution in [3.8, 4) is 0 Å². The summed E-state index contributed by atoms with van der Waals surface area (Å²) >= 11 is 1.61. The number of thioether (sulfide) groups is 1. The van der Waals surface area contributed by atoms with E-state index in [0.29, 0.717) is 22.3 Å². The van der Waals surface area contributed by atoms with Crippen molar-refractivity contribution in [1.29, 1.82) is 0 Å². The molecule has 3 heterocycles. The second-order valence-electron chi connectivity index (χ2n) is 7.79. The summed E-state index contributed by atoms with van der Waals surface area (Å²) in [6.45, 7) is 2.80. The number of carbonyl (C=O) groups excluding carboxylic acids is 2. The summed E-state index contributed by atoms with van der Waals surface area (Å²) in [6.07, 6.45) is 1.75. The third kappa shape index (κ3) is 4.38. The summed E-state index contributed by atoms with van der Waals surface area (Å²) in [5.41, 5.74) is 2.64. The van der Waals surface area contributed by atoms with Crippen LogP contribution in [0.3, 0.4) is 0 Å². The van der Waals surface area contributed by atoms with Crippen LogP contribution in [0.5, 0.6) is 0 Å². The number of allylic oxidation sites excluding steroid dienone is 4. The van der Waals surface area contributed by atoms with Crippen molar-refractivity contribution in [2.45, 2.75) is 18.0 Å². The van der Waals surface area contributed by atoms with E-state index in [-0.39, 0.29) is 5.11 Å². The Morgan fingerprint density at radius 1 is 1.08 bits per heavy atom. The van der Waals surface area contributed by atoms with Crippen molar-refractivity contribution < 1.29 is 22.8 Å². The quantitative estimate of drug-likeness (QED) is 0.493. The second-order valence-corrected chi connectivity index (χ2v) is 9.83. The van der Waals surface area contributed by atoms with Crippen LogP contribution < -0.4 is 4.90 Å². The predicted molar refractivity (Wildman–Crippen MR) is 139 cm³/mol. The maximum absolute atomic E-state index is 13.1. The van der Waals surface area contributed by atoms with Gasteiger partial charge < -0.3 is 4.90 Å². The number of amides is 1. The van der Waals surface area contributed by atoms with E-state index in [0.717, 1.165) is 32.6 Å². The van der Waals surface area contributed by atoms with E-state index < -0.39 is 22.7 Å². The van der Waals surface area contributed by atoms with Crippen molar-refractivity contribution in [1.82, 2.24) is 4.90 Å². The van der Waals surface area contributed by atoms with Gasteiger partial charge in [0.15, 0.2) is 5.11 Å². The Morgan fingerprint density at radius 2 is 1.81 bits per heavy atom. The molecule has 0 aromatic heterocycles. The van der Waals surface area contributed by atoms with Gasteiger partial charge in [0.1, 0.15) is 4.86 Å². The number of benzene rings is 2. The molecule has 0 spiro atoms. The molecule has 3 aliphatic rings. The van der Waals surface area contributed by atoms with E-state index >= 15 is 0 Å². The molecule has 3 aliphatic heterocycles. The number of anilines is 1. The minimum absolute atomic E-state index is 0.0130. The molecule has 0 fully saturated rings. The molecule has 0 saturated carbocycles. The predicted octanol–water partition coefficient (Wildman–Crippen LogP) is 5.37. The number of para-hydroxylation sites is 1. The summed E-state index contributed by atoms with van der Waals surface area (Å²) in [5.74, 6) is -3.20. The van der Waals surface area contributed by atoms with Crippen molar-refractivity contribution in [3.63, 3.8) is 0 Å². The van der Waals surface area contributed by atoms with E-state index in [1.807, 2.05) is 67.6 Å². The Bertz CT molecular complexity index is 1470. The molecular weight excluding hydrogens is 507 g/mol. The monoisotopic (exact) mass is 525 g/mol. The molecule has 5 rings (SSSR count). The molecule has 0 unspecified atom stereocenters. The van der Waals surface area contributed by atoms with Crippen LogP contribution in [0, 0.1) is 0 Å². The van der Waals surface area contributed by atoms with Gasteiger partial charge in [0.2, 0.25) is 0 Å². The number of carbonyl (C=O) groups is 2. The van der Waals surface area contributed by atoms with Crippen molar-refractivity contribution in [2.24, 2.45) is 4.99 Å². The van der Waals surface area contributed by atoms with Gasteiger partial charge in [-0.15, -0.1) is 0 Å². The lowest BCUT2D eigenvalue weighted by atomic mass is 10.1. The number of halogens is 3. The van der Waals surface area contributed by atoms with Gasteiger partial charge in [-0.2, -0.15) is 13.2 Å². The number of alkyl halides is 3. The average Bonchev–Trinajstić information content (AvgIpc) is 3.40. The summed E-state index contributed by atoms with van der Waals surface area (Å²) in [6, 6.07) is 17.1. The lowest BCUT2D eigenvalue weighted by Gasteiger charge is -2.23. The normalized spacial score (nSPS) is 18.4. The van der Waals surface area contributed by atoms with E-state index in [1.54, 1.807) is 30.0 Å². The minimum Gasteiger partial charge on any atom is -0.335 e. The summed E-state index contributed by atoms with van der Waals surface area (Å²) < 4.78 is 39.3. The minimum atomic E-state index is -5.15. The number of hydrogen-bond donors (Lipinski definition) is 0. The molecule has 5 nitrogen and oxygen atoms in total. The molecule has 0 N–H and O–H groups in total. The molecule has 182 valence electrons. The highest BCUT2D eigenvalue weighted by Crippen LogP contribution is 2.45. The molecule has 2 aromatic rings. The Balaban J connectivity index is 1.51.